The summed E-state index contributed by atoms with van der Waals surface area (Å²) in [5, 5.41) is 4.58. The zero-order valence-corrected chi connectivity index (χ0v) is 15.6. The van der Waals surface area contributed by atoms with Gasteiger partial charge in [-0.2, -0.15) is 0 Å². The highest BCUT2D eigenvalue weighted by Gasteiger charge is 2.15. The minimum absolute atomic E-state index is 0.0156. The van der Waals surface area contributed by atoms with Crippen LogP contribution in [0.25, 0.3) is 4.96 Å². The van der Waals surface area contributed by atoms with Gasteiger partial charge in [0.1, 0.15) is 5.56 Å². The summed E-state index contributed by atoms with van der Waals surface area (Å²) >= 11 is 1.36. The van der Waals surface area contributed by atoms with Crippen molar-refractivity contribution in [3.8, 4) is 11.5 Å². The molecule has 0 fully saturated rings. The Labute approximate surface area is 154 Å². The van der Waals surface area contributed by atoms with Crippen molar-refractivity contribution in [1.29, 1.82) is 0 Å². The molecule has 1 aromatic carbocycles. The SMILES string of the molecule is CCOc1ccc(CNC(=O)c2cnc3scc(C)n3c2=O)cc1OC. The first-order chi connectivity index (χ1) is 12.5. The fraction of sp³-hybridized carbons (Fsp3) is 0.278. The maximum absolute atomic E-state index is 12.5. The normalized spacial score (nSPS) is 10.7. The number of hydrogen-bond acceptors (Lipinski definition) is 6. The molecule has 0 radical (unpaired) electrons. The van der Waals surface area contributed by atoms with Crippen LogP contribution in [-0.2, 0) is 6.54 Å². The summed E-state index contributed by atoms with van der Waals surface area (Å²) in [6, 6.07) is 5.43. The van der Waals surface area contributed by atoms with Gasteiger partial charge in [-0.3, -0.25) is 14.0 Å². The van der Waals surface area contributed by atoms with Crippen LogP contribution in [0, 0.1) is 6.92 Å². The predicted octanol–water partition coefficient (Wildman–Crippen LogP) is 2.40. The number of hydrogen-bond donors (Lipinski definition) is 1. The summed E-state index contributed by atoms with van der Waals surface area (Å²) in [5.41, 5.74) is 1.24. The average Bonchev–Trinajstić information content (AvgIpc) is 3.03. The highest BCUT2D eigenvalue weighted by molar-refractivity contribution is 7.15. The number of amides is 1. The van der Waals surface area contributed by atoms with Crippen LogP contribution in [0.1, 0.15) is 28.5 Å². The van der Waals surface area contributed by atoms with Crippen LogP contribution in [0.5, 0.6) is 11.5 Å². The lowest BCUT2D eigenvalue weighted by Gasteiger charge is -2.11. The summed E-state index contributed by atoms with van der Waals surface area (Å²) in [6.45, 7) is 4.49. The maximum Gasteiger partial charge on any atom is 0.271 e. The molecule has 3 rings (SSSR count). The molecule has 0 spiro atoms. The number of nitrogens with zero attached hydrogens (tertiary/aromatic N) is 2. The van der Waals surface area contributed by atoms with Gasteiger partial charge in [0.05, 0.1) is 13.7 Å². The standard InChI is InChI=1S/C18H19N3O4S/c1-4-25-14-6-5-12(7-15(14)24-3)8-19-16(22)13-9-20-18-21(17(13)23)11(2)10-26-18/h5-7,9-10H,4,8H2,1-3H3,(H,19,22). The lowest BCUT2D eigenvalue weighted by atomic mass is 10.2. The Bertz CT molecular complexity index is 1010. The Kier molecular flexibility index (Phi) is 5.22. The summed E-state index contributed by atoms with van der Waals surface area (Å²) in [7, 11) is 1.56. The fourth-order valence-corrected chi connectivity index (χ4v) is 3.38. The molecule has 0 unspecified atom stereocenters. The number of aromatic nitrogens is 2. The molecule has 7 nitrogen and oxygen atoms in total. The second-order valence-corrected chi connectivity index (χ2v) is 6.41. The quantitative estimate of drug-likeness (QED) is 0.717. The van der Waals surface area contributed by atoms with Crippen molar-refractivity contribution in [2.75, 3.05) is 13.7 Å². The van der Waals surface area contributed by atoms with Crippen LogP contribution in [0.15, 0.2) is 34.6 Å². The second kappa shape index (κ2) is 7.57. The molecule has 0 aliphatic heterocycles. The predicted molar refractivity (Wildman–Crippen MR) is 99.4 cm³/mol. The summed E-state index contributed by atoms with van der Waals surface area (Å²) in [6.07, 6.45) is 1.32. The number of benzene rings is 1. The van der Waals surface area contributed by atoms with Crippen LogP contribution < -0.4 is 20.3 Å². The number of rotatable bonds is 6. The molecule has 0 saturated carbocycles. The Morgan fingerprint density at radius 2 is 2.15 bits per heavy atom. The number of fused-ring (bicyclic) bond motifs is 1. The van der Waals surface area contributed by atoms with E-state index in [1.165, 1.54) is 21.9 Å². The van der Waals surface area contributed by atoms with Crippen molar-refractivity contribution < 1.29 is 14.3 Å². The van der Waals surface area contributed by atoms with Gasteiger partial charge in [0.15, 0.2) is 16.5 Å². The van der Waals surface area contributed by atoms with Gasteiger partial charge in [-0.1, -0.05) is 6.07 Å². The van der Waals surface area contributed by atoms with E-state index in [2.05, 4.69) is 10.3 Å². The van der Waals surface area contributed by atoms with Crippen molar-refractivity contribution in [1.82, 2.24) is 14.7 Å². The average molecular weight is 373 g/mol. The van der Waals surface area contributed by atoms with Crippen molar-refractivity contribution in [2.24, 2.45) is 0 Å². The van der Waals surface area contributed by atoms with E-state index < -0.39 is 5.91 Å². The molecule has 1 N–H and O–H groups in total. The molecule has 0 aliphatic rings. The van der Waals surface area contributed by atoms with Crippen molar-refractivity contribution in [3.05, 3.63) is 57.0 Å². The molecule has 0 aliphatic carbocycles. The minimum Gasteiger partial charge on any atom is -0.493 e. The molecule has 1 amide bonds. The van der Waals surface area contributed by atoms with Crippen LogP contribution in [0.4, 0.5) is 0 Å². The first-order valence-corrected chi connectivity index (χ1v) is 8.97. The molecule has 3 aromatic rings. The molecule has 136 valence electrons. The number of methoxy groups -OCH3 is 1. The van der Waals surface area contributed by atoms with E-state index >= 15 is 0 Å². The maximum atomic E-state index is 12.5. The summed E-state index contributed by atoms with van der Waals surface area (Å²) in [5.74, 6) is 0.775. The lowest BCUT2D eigenvalue weighted by Crippen LogP contribution is -2.31. The van der Waals surface area contributed by atoms with Gasteiger partial charge in [0, 0.05) is 23.8 Å². The van der Waals surface area contributed by atoms with Crippen molar-refractivity contribution in [2.45, 2.75) is 20.4 Å². The van der Waals surface area contributed by atoms with E-state index in [1.807, 2.05) is 18.4 Å². The van der Waals surface area contributed by atoms with Gasteiger partial charge < -0.3 is 14.8 Å². The summed E-state index contributed by atoms with van der Waals surface area (Å²) in [4.78, 5) is 29.7. The van der Waals surface area contributed by atoms with Gasteiger partial charge in [-0.05, 0) is 31.5 Å². The van der Waals surface area contributed by atoms with Crippen LogP contribution >= 0.6 is 11.3 Å². The van der Waals surface area contributed by atoms with Gasteiger partial charge in [0.25, 0.3) is 11.5 Å². The van der Waals surface area contributed by atoms with E-state index in [0.717, 1.165) is 11.3 Å². The van der Waals surface area contributed by atoms with Gasteiger partial charge in [-0.25, -0.2) is 4.98 Å². The van der Waals surface area contributed by atoms with E-state index in [0.29, 0.717) is 23.1 Å². The smallest absolute Gasteiger partial charge is 0.271 e. The lowest BCUT2D eigenvalue weighted by molar-refractivity contribution is 0.0949. The topological polar surface area (TPSA) is 81.9 Å². The second-order valence-electron chi connectivity index (χ2n) is 5.57. The molecule has 26 heavy (non-hydrogen) atoms. The zero-order chi connectivity index (χ0) is 18.7. The molecule has 8 heteroatoms. The summed E-state index contributed by atoms with van der Waals surface area (Å²) < 4.78 is 12.2. The Morgan fingerprint density at radius 3 is 2.88 bits per heavy atom. The number of thiazole rings is 1. The third kappa shape index (κ3) is 3.41. The van der Waals surface area contributed by atoms with Crippen molar-refractivity contribution in [3.63, 3.8) is 0 Å². The van der Waals surface area contributed by atoms with Crippen LogP contribution in [-0.4, -0.2) is 29.0 Å². The molecule has 2 aromatic heterocycles. The van der Waals surface area contributed by atoms with Gasteiger partial charge in [-0.15, -0.1) is 11.3 Å². The fourth-order valence-electron chi connectivity index (χ4n) is 2.55. The highest BCUT2D eigenvalue weighted by atomic mass is 32.1. The number of aryl methyl sites for hydroxylation is 1. The molecular formula is C18H19N3O4S. The third-order valence-electron chi connectivity index (χ3n) is 3.84. The van der Waals surface area contributed by atoms with E-state index in [9.17, 15) is 9.59 Å². The molecule has 0 bridgehead atoms. The number of carbonyl (C=O) groups is 1. The number of carbonyl (C=O) groups excluding carboxylic acids is 1. The Morgan fingerprint density at radius 1 is 1.35 bits per heavy atom. The van der Waals surface area contributed by atoms with Crippen LogP contribution in [0.2, 0.25) is 0 Å². The molecule has 0 atom stereocenters. The first-order valence-electron chi connectivity index (χ1n) is 8.09. The Balaban J connectivity index is 1.78. The highest BCUT2D eigenvalue weighted by Crippen LogP contribution is 2.27. The first kappa shape index (κ1) is 17.9. The van der Waals surface area contributed by atoms with E-state index in [1.54, 1.807) is 26.2 Å². The monoisotopic (exact) mass is 373 g/mol. The minimum atomic E-state index is -0.463. The van der Waals surface area contributed by atoms with Gasteiger partial charge >= 0.3 is 0 Å². The van der Waals surface area contributed by atoms with Crippen LogP contribution in [0.3, 0.4) is 0 Å². The zero-order valence-electron chi connectivity index (χ0n) is 14.7. The largest absolute Gasteiger partial charge is 0.493 e. The number of ether oxygens (including phenoxy) is 2. The molecular weight excluding hydrogens is 354 g/mol. The van der Waals surface area contributed by atoms with Gasteiger partial charge in [0.2, 0.25) is 0 Å². The van der Waals surface area contributed by atoms with E-state index in [4.69, 9.17) is 9.47 Å². The molecule has 2 heterocycles. The molecule has 0 saturated heterocycles. The Hall–Kier alpha value is -2.87. The third-order valence-corrected chi connectivity index (χ3v) is 4.80. The number of nitrogens with one attached hydrogen (secondary N) is 1. The van der Waals surface area contributed by atoms with E-state index in [-0.39, 0.29) is 17.7 Å². The van der Waals surface area contributed by atoms with Crippen molar-refractivity contribution >= 4 is 22.2 Å².